The molecule has 1 rings (SSSR count). The molecule has 3 heteroatoms. The highest BCUT2D eigenvalue weighted by molar-refractivity contribution is 5.09. The summed E-state index contributed by atoms with van der Waals surface area (Å²) in [5.74, 6) is 0. The predicted octanol–water partition coefficient (Wildman–Crippen LogP) is 1.84. The van der Waals surface area contributed by atoms with Crippen molar-refractivity contribution in [1.29, 1.82) is 5.26 Å². The van der Waals surface area contributed by atoms with Crippen molar-refractivity contribution in [3.63, 3.8) is 0 Å². The van der Waals surface area contributed by atoms with Gasteiger partial charge >= 0.3 is 0 Å². The molecule has 0 saturated carbocycles. The van der Waals surface area contributed by atoms with Crippen LogP contribution in [-0.4, -0.2) is 24.3 Å². The number of hydrogen-bond donors (Lipinski definition) is 1. The van der Waals surface area contributed by atoms with Crippen molar-refractivity contribution in [1.82, 2.24) is 5.32 Å². The molecular formula is C11H20N2O. The predicted molar refractivity (Wildman–Crippen MR) is 55.9 cm³/mol. The Labute approximate surface area is 86.4 Å². The van der Waals surface area contributed by atoms with Gasteiger partial charge in [-0.25, -0.2) is 0 Å². The van der Waals surface area contributed by atoms with Crippen LogP contribution in [0.2, 0.25) is 0 Å². The second-order valence-corrected chi connectivity index (χ2v) is 4.98. The van der Waals surface area contributed by atoms with Gasteiger partial charge in [-0.3, -0.25) is 5.32 Å². The minimum absolute atomic E-state index is 0.164. The van der Waals surface area contributed by atoms with Gasteiger partial charge in [0.25, 0.3) is 0 Å². The van der Waals surface area contributed by atoms with Gasteiger partial charge in [-0.15, -0.1) is 0 Å². The minimum Gasteiger partial charge on any atom is -0.373 e. The van der Waals surface area contributed by atoms with E-state index in [2.05, 4.69) is 11.4 Å². The molecule has 1 heterocycles. The van der Waals surface area contributed by atoms with E-state index in [-0.39, 0.29) is 5.60 Å². The molecule has 0 aromatic carbocycles. The lowest BCUT2D eigenvalue weighted by Crippen LogP contribution is -2.52. The molecule has 1 unspecified atom stereocenters. The fourth-order valence-corrected chi connectivity index (χ4v) is 1.56. The Kier molecular flexibility index (Phi) is 3.52. The normalized spacial score (nSPS) is 28.4. The molecule has 3 nitrogen and oxygen atoms in total. The van der Waals surface area contributed by atoms with Crippen molar-refractivity contribution in [2.24, 2.45) is 0 Å². The highest BCUT2D eigenvalue weighted by Gasteiger charge is 2.33. The smallest absolute Gasteiger partial charge is 0.130 e. The van der Waals surface area contributed by atoms with Gasteiger partial charge in [-0.05, 0) is 46.6 Å². The Morgan fingerprint density at radius 3 is 2.57 bits per heavy atom. The summed E-state index contributed by atoms with van der Waals surface area (Å²) < 4.78 is 5.68. The average Bonchev–Trinajstić information content (AvgIpc) is 2.15. The molecule has 1 atom stereocenters. The highest BCUT2D eigenvalue weighted by atomic mass is 16.5. The number of rotatable bonds is 2. The summed E-state index contributed by atoms with van der Waals surface area (Å²) in [6.45, 7) is 7.47. The van der Waals surface area contributed by atoms with Crippen LogP contribution in [0.3, 0.4) is 0 Å². The van der Waals surface area contributed by atoms with Gasteiger partial charge in [0.2, 0.25) is 0 Å². The third-order valence-corrected chi connectivity index (χ3v) is 2.46. The molecule has 1 fully saturated rings. The first-order valence-electron chi connectivity index (χ1n) is 5.28. The van der Waals surface area contributed by atoms with Gasteiger partial charge in [-0.2, -0.15) is 5.26 Å². The molecule has 0 amide bonds. The molecule has 1 saturated heterocycles. The third-order valence-electron chi connectivity index (χ3n) is 2.46. The fraction of sp³-hybridized carbons (Fsp3) is 0.909. The molecule has 0 aromatic rings. The molecule has 1 N–H and O–H groups in total. The molecule has 0 aliphatic carbocycles. The lowest BCUT2D eigenvalue weighted by molar-refractivity contribution is -0.0305. The third kappa shape index (κ3) is 3.28. The van der Waals surface area contributed by atoms with Gasteiger partial charge in [0, 0.05) is 0 Å². The zero-order chi connectivity index (χ0) is 10.7. The van der Waals surface area contributed by atoms with Crippen molar-refractivity contribution in [2.45, 2.75) is 51.2 Å². The van der Waals surface area contributed by atoms with Crippen LogP contribution in [0.15, 0.2) is 0 Å². The van der Waals surface area contributed by atoms with Gasteiger partial charge in [0.1, 0.15) is 5.54 Å². The summed E-state index contributed by atoms with van der Waals surface area (Å²) in [7, 11) is 0. The summed E-state index contributed by atoms with van der Waals surface area (Å²) in [6.07, 6.45) is 3.19. The number of nitrogens with one attached hydrogen (secondary N) is 1. The Morgan fingerprint density at radius 1 is 1.43 bits per heavy atom. The first-order chi connectivity index (χ1) is 6.47. The van der Waals surface area contributed by atoms with Crippen LogP contribution in [0.25, 0.3) is 0 Å². The van der Waals surface area contributed by atoms with Crippen LogP contribution < -0.4 is 5.32 Å². The number of hydrogen-bond acceptors (Lipinski definition) is 3. The first kappa shape index (κ1) is 11.5. The van der Waals surface area contributed by atoms with Gasteiger partial charge < -0.3 is 4.74 Å². The van der Waals surface area contributed by atoms with E-state index in [1.54, 1.807) is 0 Å². The van der Waals surface area contributed by atoms with E-state index in [1.165, 1.54) is 6.42 Å². The molecule has 0 spiro atoms. The van der Waals surface area contributed by atoms with Gasteiger partial charge in [0.15, 0.2) is 0 Å². The molecule has 14 heavy (non-hydrogen) atoms. The number of ether oxygens (including phenoxy) is 1. The second-order valence-electron chi connectivity index (χ2n) is 4.98. The monoisotopic (exact) mass is 196 g/mol. The van der Waals surface area contributed by atoms with Crippen molar-refractivity contribution < 1.29 is 4.74 Å². The largest absolute Gasteiger partial charge is 0.373 e. The summed E-state index contributed by atoms with van der Waals surface area (Å²) in [6, 6.07) is 2.35. The maximum Gasteiger partial charge on any atom is 0.130 e. The van der Waals surface area contributed by atoms with Crippen LogP contribution in [0.4, 0.5) is 0 Å². The Hall–Kier alpha value is -0.590. The lowest BCUT2D eigenvalue weighted by Gasteiger charge is -2.34. The minimum atomic E-state index is -0.439. The summed E-state index contributed by atoms with van der Waals surface area (Å²) in [5, 5.41) is 12.4. The zero-order valence-corrected chi connectivity index (χ0v) is 9.39. The van der Waals surface area contributed by atoms with Gasteiger partial charge in [-0.1, -0.05) is 0 Å². The molecule has 1 aliphatic heterocycles. The van der Waals surface area contributed by atoms with E-state index in [4.69, 9.17) is 10.00 Å². The zero-order valence-electron chi connectivity index (χ0n) is 9.39. The average molecular weight is 196 g/mol. The Bertz CT molecular complexity index is 218. The SMILES string of the molecule is CC(C)(C)OCC1(C#N)CCCCN1. The molecule has 0 bridgehead atoms. The van der Waals surface area contributed by atoms with E-state index in [9.17, 15) is 0 Å². The van der Waals surface area contributed by atoms with E-state index in [0.29, 0.717) is 6.61 Å². The molecule has 1 aliphatic rings. The summed E-state index contributed by atoms with van der Waals surface area (Å²) in [4.78, 5) is 0. The number of nitrogens with zero attached hydrogens (tertiary/aromatic N) is 1. The first-order valence-corrected chi connectivity index (χ1v) is 5.28. The van der Waals surface area contributed by atoms with E-state index < -0.39 is 5.54 Å². The van der Waals surface area contributed by atoms with E-state index >= 15 is 0 Å². The maximum atomic E-state index is 9.15. The van der Waals surface area contributed by atoms with Crippen molar-refractivity contribution in [3.8, 4) is 6.07 Å². The van der Waals surface area contributed by atoms with Crippen LogP contribution in [0, 0.1) is 11.3 Å². The van der Waals surface area contributed by atoms with Crippen molar-refractivity contribution in [2.75, 3.05) is 13.2 Å². The number of piperidine rings is 1. The Balaban J connectivity index is 2.50. The standard InChI is InChI=1S/C11H20N2O/c1-10(2,3)14-9-11(8-12)6-4-5-7-13-11/h13H,4-7,9H2,1-3H3. The second kappa shape index (κ2) is 4.29. The number of nitriles is 1. The Morgan fingerprint density at radius 2 is 2.14 bits per heavy atom. The summed E-state index contributed by atoms with van der Waals surface area (Å²) >= 11 is 0. The molecule has 0 radical (unpaired) electrons. The maximum absolute atomic E-state index is 9.15. The van der Waals surface area contributed by atoms with Gasteiger partial charge in [0.05, 0.1) is 18.3 Å². The topological polar surface area (TPSA) is 45.0 Å². The highest BCUT2D eigenvalue weighted by Crippen LogP contribution is 2.21. The van der Waals surface area contributed by atoms with E-state index in [1.807, 2.05) is 20.8 Å². The fourth-order valence-electron chi connectivity index (χ4n) is 1.56. The summed E-state index contributed by atoms with van der Waals surface area (Å²) in [5.41, 5.74) is -0.603. The van der Waals surface area contributed by atoms with Crippen molar-refractivity contribution >= 4 is 0 Å². The molecule has 0 aromatic heterocycles. The lowest BCUT2D eigenvalue weighted by atomic mass is 9.91. The van der Waals surface area contributed by atoms with Crippen LogP contribution in [0.5, 0.6) is 0 Å². The van der Waals surface area contributed by atoms with Crippen molar-refractivity contribution in [3.05, 3.63) is 0 Å². The van der Waals surface area contributed by atoms with E-state index in [0.717, 1.165) is 19.4 Å². The quantitative estimate of drug-likeness (QED) is 0.733. The van der Waals surface area contributed by atoms with Crippen LogP contribution in [0.1, 0.15) is 40.0 Å². The van der Waals surface area contributed by atoms with Crippen LogP contribution >= 0.6 is 0 Å². The molecular weight excluding hydrogens is 176 g/mol. The molecule has 80 valence electrons. The van der Waals surface area contributed by atoms with Crippen LogP contribution in [-0.2, 0) is 4.74 Å².